The summed E-state index contributed by atoms with van der Waals surface area (Å²) in [6, 6.07) is 5.13. The largest absolute Gasteiger partial charge is 0.347 e. The van der Waals surface area contributed by atoms with Crippen LogP contribution < -0.4 is 10.6 Å². The first kappa shape index (κ1) is 13.7. The van der Waals surface area contributed by atoms with E-state index in [4.69, 9.17) is 11.6 Å². The van der Waals surface area contributed by atoms with Crippen LogP contribution in [0.1, 0.15) is 28.9 Å². The van der Waals surface area contributed by atoms with Crippen molar-refractivity contribution in [2.45, 2.75) is 37.4 Å². The topological polar surface area (TPSA) is 54.0 Å². The third kappa shape index (κ3) is 2.61. The molecule has 3 atom stereocenters. The van der Waals surface area contributed by atoms with E-state index in [-0.39, 0.29) is 11.9 Å². The Kier molecular flexibility index (Phi) is 3.49. The average Bonchev–Trinajstić information content (AvgIpc) is 3.22. The summed E-state index contributed by atoms with van der Waals surface area (Å²) in [6.07, 6.45) is 5.10. The third-order valence-electron chi connectivity index (χ3n) is 4.13. The Bertz CT molecular complexity index is 683. The van der Waals surface area contributed by atoms with E-state index in [9.17, 15) is 4.79 Å². The molecule has 4 nitrogen and oxygen atoms in total. The SMILES string of the molecule is O=C(NC1CC2CCC1N2)c1ccc(-c2ncc(Cl)s2)s1. The van der Waals surface area contributed by atoms with Gasteiger partial charge in [-0.3, -0.25) is 4.79 Å². The van der Waals surface area contributed by atoms with Crippen LogP contribution >= 0.6 is 34.3 Å². The zero-order chi connectivity index (χ0) is 14.4. The van der Waals surface area contributed by atoms with Gasteiger partial charge < -0.3 is 10.6 Å². The van der Waals surface area contributed by atoms with Crippen molar-refractivity contribution in [1.29, 1.82) is 0 Å². The van der Waals surface area contributed by atoms with Gasteiger partial charge in [0.05, 0.1) is 16.0 Å². The monoisotopic (exact) mass is 339 g/mol. The van der Waals surface area contributed by atoms with E-state index in [0.717, 1.165) is 21.2 Å². The summed E-state index contributed by atoms with van der Waals surface area (Å²) in [5, 5.41) is 7.56. The van der Waals surface area contributed by atoms with Crippen LogP contribution in [0, 0.1) is 0 Å². The molecule has 2 aliphatic heterocycles. The van der Waals surface area contributed by atoms with E-state index in [1.165, 1.54) is 35.5 Å². The van der Waals surface area contributed by atoms with Gasteiger partial charge in [0.15, 0.2) is 0 Å². The maximum atomic E-state index is 12.4. The van der Waals surface area contributed by atoms with Crippen LogP contribution in [0.15, 0.2) is 18.3 Å². The van der Waals surface area contributed by atoms with Crippen molar-refractivity contribution in [1.82, 2.24) is 15.6 Å². The van der Waals surface area contributed by atoms with Crippen molar-refractivity contribution in [2.75, 3.05) is 0 Å². The molecule has 2 bridgehead atoms. The number of halogens is 1. The second-order valence-electron chi connectivity index (χ2n) is 5.50. The number of nitrogens with one attached hydrogen (secondary N) is 2. The first-order chi connectivity index (χ1) is 10.2. The maximum absolute atomic E-state index is 12.4. The Morgan fingerprint density at radius 2 is 2.29 bits per heavy atom. The van der Waals surface area contributed by atoms with Gasteiger partial charge in [-0.05, 0) is 31.4 Å². The Morgan fingerprint density at radius 3 is 2.95 bits per heavy atom. The number of thiophene rings is 1. The van der Waals surface area contributed by atoms with Crippen molar-refractivity contribution >= 4 is 40.2 Å². The number of thiazole rings is 1. The van der Waals surface area contributed by atoms with Crippen LogP contribution in [0.3, 0.4) is 0 Å². The van der Waals surface area contributed by atoms with Crippen molar-refractivity contribution in [3.8, 4) is 9.88 Å². The molecule has 2 aromatic heterocycles. The lowest BCUT2D eigenvalue weighted by atomic mass is 9.95. The molecule has 4 rings (SSSR count). The number of carbonyl (C=O) groups excluding carboxylic acids is 1. The second-order valence-corrected chi connectivity index (χ2v) is 8.24. The molecule has 0 saturated carbocycles. The van der Waals surface area contributed by atoms with Crippen molar-refractivity contribution in [2.24, 2.45) is 0 Å². The van der Waals surface area contributed by atoms with Crippen molar-refractivity contribution < 1.29 is 4.79 Å². The lowest BCUT2D eigenvalue weighted by Crippen LogP contribution is -2.42. The molecule has 110 valence electrons. The average molecular weight is 340 g/mol. The fourth-order valence-electron chi connectivity index (χ4n) is 3.17. The predicted molar refractivity (Wildman–Crippen MR) is 86.3 cm³/mol. The van der Waals surface area contributed by atoms with E-state index in [0.29, 0.717) is 16.4 Å². The van der Waals surface area contributed by atoms with E-state index in [2.05, 4.69) is 15.6 Å². The molecule has 2 aliphatic rings. The molecule has 7 heteroatoms. The molecule has 2 fully saturated rings. The minimum Gasteiger partial charge on any atom is -0.347 e. The fourth-order valence-corrected chi connectivity index (χ4v) is 5.05. The Labute approximate surface area is 135 Å². The van der Waals surface area contributed by atoms with Crippen molar-refractivity contribution in [3.05, 3.63) is 27.5 Å². The minimum absolute atomic E-state index is 0.0215. The van der Waals surface area contributed by atoms with Gasteiger partial charge in [-0.2, -0.15) is 0 Å². The maximum Gasteiger partial charge on any atom is 0.261 e. The smallest absolute Gasteiger partial charge is 0.261 e. The normalized spacial score (nSPS) is 27.2. The van der Waals surface area contributed by atoms with Gasteiger partial charge in [-0.1, -0.05) is 11.6 Å². The standard InChI is InChI=1S/C14H14ClN3OS2/c15-12-6-16-14(21-12)11-4-3-10(20-11)13(19)18-9-5-7-1-2-8(9)17-7/h3-4,6-9,17H,1-2,5H2,(H,18,19). The lowest BCUT2D eigenvalue weighted by Gasteiger charge is -2.20. The van der Waals surface area contributed by atoms with E-state index in [1.54, 1.807) is 6.20 Å². The first-order valence-electron chi connectivity index (χ1n) is 6.97. The molecule has 0 spiro atoms. The van der Waals surface area contributed by atoms with Crippen LogP contribution in [-0.4, -0.2) is 29.0 Å². The van der Waals surface area contributed by atoms with Gasteiger partial charge in [0.1, 0.15) is 9.34 Å². The number of amides is 1. The molecule has 1 amide bonds. The Hall–Kier alpha value is -0.950. The summed E-state index contributed by atoms with van der Waals surface area (Å²) in [7, 11) is 0. The molecule has 2 aromatic rings. The van der Waals surface area contributed by atoms with Crippen molar-refractivity contribution in [3.63, 3.8) is 0 Å². The van der Waals surface area contributed by atoms with Gasteiger partial charge in [0, 0.05) is 18.1 Å². The molecule has 2 saturated heterocycles. The zero-order valence-corrected chi connectivity index (χ0v) is 13.5. The number of aromatic nitrogens is 1. The highest BCUT2D eigenvalue weighted by Gasteiger charge is 2.39. The molecule has 0 aliphatic carbocycles. The summed E-state index contributed by atoms with van der Waals surface area (Å²) in [4.78, 5) is 18.3. The molecule has 0 aromatic carbocycles. The van der Waals surface area contributed by atoms with Crippen LogP contribution in [0.25, 0.3) is 9.88 Å². The van der Waals surface area contributed by atoms with Crippen LogP contribution in [-0.2, 0) is 0 Å². The molecule has 4 heterocycles. The summed E-state index contributed by atoms with van der Waals surface area (Å²) in [6.45, 7) is 0. The number of fused-ring (bicyclic) bond motifs is 2. The van der Waals surface area contributed by atoms with E-state index < -0.39 is 0 Å². The Morgan fingerprint density at radius 1 is 1.38 bits per heavy atom. The highest BCUT2D eigenvalue weighted by molar-refractivity contribution is 7.24. The number of hydrogen-bond donors (Lipinski definition) is 2. The highest BCUT2D eigenvalue weighted by Crippen LogP contribution is 2.33. The number of rotatable bonds is 3. The van der Waals surface area contributed by atoms with Gasteiger partial charge in [0.2, 0.25) is 0 Å². The summed E-state index contributed by atoms with van der Waals surface area (Å²) in [5.41, 5.74) is 0. The van der Waals surface area contributed by atoms with Gasteiger partial charge in [0.25, 0.3) is 5.91 Å². The number of carbonyl (C=O) groups is 1. The number of hydrogen-bond acceptors (Lipinski definition) is 5. The quantitative estimate of drug-likeness (QED) is 0.903. The van der Waals surface area contributed by atoms with E-state index in [1.807, 2.05) is 12.1 Å². The molecular formula is C14H14ClN3OS2. The second kappa shape index (κ2) is 5.35. The van der Waals surface area contributed by atoms with E-state index >= 15 is 0 Å². The summed E-state index contributed by atoms with van der Waals surface area (Å²) >= 11 is 8.80. The predicted octanol–water partition coefficient (Wildman–Crippen LogP) is 3.15. The fraction of sp³-hybridized carbons (Fsp3) is 0.429. The molecule has 2 N–H and O–H groups in total. The highest BCUT2D eigenvalue weighted by atomic mass is 35.5. The van der Waals surface area contributed by atoms with Crippen LogP contribution in [0.5, 0.6) is 0 Å². The molecular weight excluding hydrogens is 326 g/mol. The van der Waals surface area contributed by atoms with Crippen LogP contribution in [0.2, 0.25) is 4.34 Å². The molecule has 21 heavy (non-hydrogen) atoms. The summed E-state index contributed by atoms with van der Waals surface area (Å²) in [5.74, 6) is 0.0215. The number of nitrogens with zero attached hydrogens (tertiary/aromatic N) is 1. The molecule has 0 radical (unpaired) electrons. The minimum atomic E-state index is 0.0215. The Balaban J connectivity index is 1.46. The summed E-state index contributed by atoms with van der Waals surface area (Å²) < 4.78 is 0.664. The van der Waals surface area contributed by atoms with Gasteiger partial charge in [-0.25, -0.2) is 4.98 Å². The first-order valence-corrected chi connectivity index (χ1v) is 8.98. The molecule has 3 unspecified atom stereocenters. The van der Waals surface area contributed by atoms with Gasteiger partial charge in [-0.15, -0.1) is 22.7 Å². The van der Waals surface area contributed by atoms with Crippen LogP contribution in [0.4, 0.5) is 0 Å². The lowest BCUT2D eigenvalue weighted by molar-refractivity contribution is 0.0935. The zero-order valence-electron chi connectivity index (χ0n) is 11.1. The third-order valence-corrected chi connectivity index (χ3v) is 6.50. The van der Waals surface area contributed by atoms with Gasteiger partial charge >= 0.3 is 0 Å².